The Morgan fingerprint density at radius 1 is 0.857 bits per heavy atom. The fraction of sp³-hybridized carbons (Fsp3) is 0.0769. The minimum atomic E-state index is -4.28. The van der Waals surface area contributed by atoms with Crippen LogP contribution in [0.15, 0.2) is 41.3 Å². The van der Waals surface area contributed by atoms with Crippen LogP contribution in [0.4, 0.5) is 17.6 Å². The predicted octanol–water partition coefficient (Wildman–Crippen LogP) is 2.72. The minimum Gasteiger partial charge on any atom is -0.207 e. The molecular formula is C13H9F4NO2S. The molecule has 0 bridgehead atoms. The number of hydrogen-bond donors (Lipinski definition) is 1. The van der Waals surface area contributed by atoms with Crippen molar-refractivity contribution in [3.8, 4) is 0 Å². The van der Waals surface area contributed by atoms with Crippen molar-refractivity contribution in [3.05, 3.63) is 65.2 Å². The molecule has 0 heterocycles. The summed E-state index contributed by atoms with van der Waals surface area (Å²) in [5.74, 6) is -3.92. The zero-order valence-corrected chi connectivity index (χ0v) is 11.2. The van der Waals surface area contributed by atoms with Gasteiger partial charge in [0, 0.05) is 24.2 Å². The number of halogens is 4. The maximum atomic E-state index is 13.4. The van der Waals surface area contributed by atoms with E-state index in [-0.39, 0.29) is 5.56 Å². The van der Waals surface area contributed by atoms with E-state index < -0.39 is 44.7 Å². The molecule has 0 aromatic heterocycles. The summed E-state index contributed by atoms with van der Waals surface area (Å²) in [6.07, 6.45) is 0. The molecule has 2 aromatic rings. The lowest BCUT2D eigenvalue weighted by molar-refractivity contribution is 0.540. The smallest absolute Gasteiger partial charge is 0.207 e. The van der Waals surface area contributed by atoms with Gasteiger partial charge >= 0.3 is 0 Å². The molecule has 0 amide bonds. The van der Waals surface area contributed by atoms with Crippen LogP contribution < -0.4 is 4.72 Å². The first-order chi connectivity index (χ1) is 9.79. The number of sulfonamides is 1. The van der Waals surface area contributed by atoms with Crippen molar-refractivity contribution in [1.29, 1.82) is 0 Å². The van der Waals surface area contributed by atoms with Gasteiger partial charge < -0.3 is 0 Å². The van der Waals surface area contributed by atoms with E-state index in [1.807, 2.05) is 4.72 Å². The Hall–Kier alpha value is -1.93. The molecule has 0 spiro atoms. The number of benzene rings is 2. The van der Waals surface area contributed by atoms with Crippen LogP contribution in [0.25, 0.3) is 0 Å². The summed E-state index contributed by atoms with van der Waals surface area (Å²) in [5, 5.41) is 0. The first kappa shape index (κ1) is 15.5. The van der Waals surface area contributed by atoms with Crippen molar-refractivity contribution in [3.63, 3.8) is 0 Å². The van der Waals surface area contributed by atoms with Gasteiger partial charge in [-0.3, -0.25) is 0 Å². The van der Waals surface area contributed by atoms with E-state index in [2.05, 4.69) is 0 Å². The molecule has 2 aromatic carbocycles. The molecular weight excluding hydrogens is 310 g/mol. The van der Waals surface area contributed by atoms with E-state index in [9.17, 15) is 26.0 Å². The van der Waals surface area contributed by atoms with Crippen molar-refractivity contribution < 1.29 is 26.0 Å². The van der Waals surface area contributed by atoms with E-state index in [1.54, 1.807) is 0 Å². The summed E-state index contributed by atoms with van der Waals surface area (Å²) in [6, 6.07) is 4.60. The molecule has 0 aliphatic heterocycles. The molecule has 0 aliphatic rings. The molecule has 0 unspecified atom stereocenters. The van der Waals surface area contributed by atoms with Crippen LogP contribution >= 0.6 is 0 Å². The summed E-state index contributed by atoms with van der Waals surface area (Å²) in [7, 11) is -4.28. The van der Waals surface area contributed by atoms with Crippen LogP contribution in [-0.4, -0.2) is 8.42 Å². The zero-order chi connectivity index (χ0) is 15.6. The van der Waals surface area contributed by atoms with Gasteiger partial charge in [0.15, 0.2) is 0 Å². The Bertz CT molecular complexity index is 778. The van der Waals surface area contributed by atoms with Crippen LogP contribution in [0.5, 0.6) is 0 Å². The van der Waals surface area contributed by atoms with Crippen LogP contribution in [0.1, 0.15) is 5.56 Å². The maximum Gasteiger partial charge on any atom is 0.243 e. The van der Waals surface area contributed by atoms with E-state index in [4.69, 9.17) is 0 Å². The predicted molar refractivity (Wildman–Crippen MR) is 66.7 cm³/mol. The Kier molecular flexibility index (Phi) is 4.29. The van der Waals surface area contributed by atoms with E-state index in [0.29, 0.717) is 12.1 Å². The SMILES string of the molecule is O=S(=O)(NCc1ccc(F)cc1F)c1ccc(F)cc1F. The van der Waals surface area contributed by atoms with Gasteiger partial charge in [-0.15, -0.1) is 0 Å². The largest absolute Gasteiger partial charge is 0.243 e. The summed E-state index contributed by atoms with van der Waals surface area (Å²) >= 11 is 0. The summed E-state index contributed by atoms with van der Waals surface area (Å²) in [6.45, 7) is -0.495. The Morgan fingerprint density at radius 2 is 1.43 bits per heavy atom. The third kappa shape index (κ3) is 3.59. The lowest BCUT2D eigenvalue weighted by atomic mass is 10.2. The van der Waals surface area contributed by atoms with Gasteiger partial charge in [0.05, 0.1) is 0 Å². The fourth-order valence-electron chi connectivity index (χ4n) is 1.61. The van der Waals surface area contributed by atoms with Gasteiger partial charge in [-0.05, 0) is 18.2 Å². The quantitative estimate of drug-likeness (QED) is 0.881. The third-order valence-electron chi connectivity index (χ3n) is 2.65. The van der Waals surface area contributed by atoms with Gasteiger partial charge in [0.2, 0.25) is 10.0 Å². The minimum absolute atomic E-state index is 0.109. The van der Waals surface area contributed by atoms with Gasteiger partial charge in [0.25, 0.3) is 0 Å². The third-order valence-corrected chi connectivity index (χ3v) is 4.09. The molecule has 0 atom stereocenters. The van der Waals surface area contributed by atoms with Crippen molar-refractivity contribution in [2.75, 3.05) is 0 Å². The monoisotopic (exact) mass is 319 g/mol. The van der Waals surface area contributed by atoms with Gasteiger partial charge in [-0.2, -0.15) is 0 Å². The highest BCUT2D eigenvalue weighted by molar-refractivity contribution is 7.89. The van der Waals surface area contributed by atoms with Gasteiger partial charge in [-0.1, -0.05) is 6.07 Å². The molecule has 0 aliphatic carbocycles. The molecule has 2 rings (SSSR count). The summed E-state index contributed by atoms with van der Waals surface area (Å²) < 4.78 is 77.9. The van der Waals surface area contributed by atoms with Crippen LogP contribution in [-0.2, 0) is 16.6 Å². The van der Waals surface area contributed by atoms with Crippen molar-refractivity contribution in [2.24, 2.45) is 0 Å². The Morgan fingerprint density at radius 3 is 2.00 bits per heavy atom. The molecule has 112 valence electrons. The molecule has 3 nitrogen and oxygen atoms in total. The normalized spacial score (nSPS) is 11.6. The lowest BCUT2D eigenvalue weighted by Crippen LogP contribution is -2.24. The van der Waals surface area contributed by atoms with Crippen LogP contribution in [0, 0.1) is 23.3 Å². The topological polar surface area (TPSA) is 46.2 Å². The average molecular weight is 319 g/mol. The van der Waals surface area contributed by atoms with Gasteiger partial charge in [-0.25, -0.2) is 30.7 Å². The molecule has 21 heavy (non-hydrogen) atoms. The van der Waals surface area contributed by atoms with Crippen molar-refractivity contribution >= 4 is 10.0 Å². The second-order valence-corrected chi connectivity index (χ2v) is 5.87. The molecule has 1 N–H and O–H groups in total. The second-order valence-electron chi connectivity index (χ2n) is 4.14. The first-order valence-corrected chi connectivity index (χ1v) is 7.16. The average Bonchev–Trinajstić information content (AvgIpc) is 2.37. The number of hydrogen-bond acceptors (Lipinski definition) is 2. The Balaban J connectivity index is 2.22. The first-order valence-electron chi connectivity index (χ1n) is 5.68. The summed E-state index contributed by atoms with van der Waals surface area (Å²) in [4.78, 5) is -0.758. The molecule has 0 saturated heterocycles. The molecule has 0 radical (unpaired) electrons. The molecule has 0 saturated carbocycles. The Labute approximate surface area is 118 Å². The van der Waals surface area contributed by atoms with Crippen molar-refractivity contribution in [1.82, 2.24) is 4.72 Å². The highest BCUT2D eigenvalue weighted by Crippen LogP contribution is 2.16. The lowest BCUT2D eigenvalue weighted by Gasteiger charge is -2.08. The number of nitrogens with one attached hydrogen (secondary N) is 1. The standard InChI is InChI=1S/C13H9F4NO2S/c14-9-2-1-8(11(16)5-9)7-18-21(19,20)13-4-3-10(15)6-12(13)17/h1-6,18H,7H2. The number of rotatable bonds is 4. The van der Waals surface area contributed by atoms with Crippen molar-refractivity contribution in [2.45, 2.75) is 11.4 Å². The highest BCUT2D eigenvalue weighted by Gasteiger charge is 2.19. The van der Waals surface area contributed by atoms with E-state index >= 15 is 0 Å². The van der Waals surface area contributed by atoms with Gasteiger partial charge in [0.1, 0.15) is 28.2 Å². The molecule has 0 fully saturated rings. The van der Waals surface area contributed by atoms with Crippen LogP contribution in [0.3, 0.4) is 0 Å². The van der Waals surface area contributed by atoms with E-state index in [0.717, 1.165) is 24.3 Å². The molecule has 8 heteroatoms. The fourth-order valence-corrected chi connectivity index (χ4v) is 2.67. The maximum absolute atomic E-state index is 13.4. The summed E-state index contributed by atoms with van der Waals surface area (Å²) in [5.41, 5.74) is -0.109. The highest BCUT2D eigenvalue weighted by atomic mass is 32.2. The second kappa shape index (κ2) is 5.82. The van der Waals surface area contributed by atoms with Crippen LogP contribution in [0.2, 0.25) is 0 Å². The zero-order valence-electron chi connectivity index (χ0n) is 10.4. The van der Waals surface area contributed by atoms with E-state index in [1.165, 1.54) is 0 Å².